The largest absolute Gasteiger partial charge is 0.611 e. The third-order valence-electron chi connectivity index (χ3n) is 4.52. The fraction of sp³-hybridized carbons (Fsp3) is 0.136. The van der Waals surface area contributed by atoms with Crippen molar-refractivity contribution in [1.82, 2.24) is 0 Å². The minimum absolute atomic E-state index is 0.0435. The number of hydrogen-bond donors (Lipinski definition) is 2. The number of hydrogen-bond acceptors (Lipinski definition) is 5. The van der Waals surface area contributed by atoms with Gasteiger partial charge in [0, 0.05) is 22.5 Å². The van der Waals surface area contributed by atoms with Crippen molar-refractivity contribution in [1.29, 1.82) is 0 Å². The molecule has 0 aliphatic heterocycles. The van der Waals surface area contributed by atoms with Crippen LogP contribution in [0.1, 0.15) is 17.3 Å². The van der Waals surface area contributed by atoms with Crippen LogP contribution in [-0.2, 0) is 21.2 Å². The van der Waals surface area contributed by atoms with Crippen LogP contribution in [0.3, 0.4) is 0 Å². The molecule has 0 saturated heterocycles. The van der Waals surface area contributed by atoms with Crippen molar-refractivity contribution in [3.63, 3.8) is 0 Å². The van der Waals surface area contributed by atoms with Gasteiger partial charge in [0.05, 0.1) is 12.7 Å². The highest BCUT2D eigenvalue weighted by Gasteiger charge is 2.22. The number of rotatable bonds is 8. The normalized spacial score (nSPS) is 12.2. The monoisotopic (exact) mass is 510 g/mol. The minimum Gasteiger partial charge on any atom is -0.611 e. The van der Waals surface area contributed by atoms with E-state index in [1.165, 1.54) is 49.6 Å². The van der Waals surface area contributed by atoms with Gasteiger partial charge in [-0.1, -0.05) is 11.6 Å². The number of methoxy groups -OCH3 is 1. The average molecular weight is 511 g/mol. The molecule has 2 N–H and O–H groups in total. The Morgan fingerprint density at radius 1 is 1.09 bits per heavy atom. The molecule has 0 spiro atoms. The summed E-state index contributed by atoms with van der Waals surface area (Å²) in [6.45, 7) is 1.75. The molecule has 0 aromatic heterocycles. The molecule has 0 saturated carbocycles. The van der Waals surface area contributed by atoms with Crippen LogP contribution in [0.4, 0.5) is 15.8 Å². The number of anilines is 2. The van der Waals surface area contributed by atoms with E-state index in [2.05, 4.69) is 10.0 Å². The topological polar surface area (TPSA) is 108 Å². The molecule has 7 nitrogen and oxygen atoms in total. The average Bonchev–Trinajstić information content (AvgIpc) is 2.80. The SMILES string of the molecule is CC[S+]([O-])c1ccc(OC)c(C(=O)Nc2ccc(F)c(S(=O)(=O)Nc3ccc(Cl)cc3)c2)c1. The summed E-state index contributed by atoms with van der Waals surface area (Å²) in [5, 5.41) is 2.95. The van der Waals surface area contributed by atoms with Crippen molar-refractivity contribution in [3.8, 4) is 5.75 Å². The highest BCUT2D eigenvalue weighted by molar-refractivity contribution is 7.92. The summed E-state index contributed by atoms with van der Waals surface area (Å²) in [5.74, 6) is -1.02. The van der Waals surface area contributed by atoms with E-state index in [0.29, 0.717) is 15.7 Å². The summed E-state index contributed by atoms with van der Waals surface area (Å²) >= 11 is 4.50. The van der Waals surface area contributed by atoms with Gasteiger partial charge in [0.1, 0.15) is 22.2 Å². The molecule has 0 bridgehead atoms. The van der Waals surface area contributed by atoms with E-state index >= 15 is 0 Å². The third kappa shape index (κ3) is 5.97. The molecular formula is C22H20ClFN2O5S2. The first kappa shape index (κ1) is 24.8. The smallest absolute Gasteiger partial charge is 0.264 e. The van der Waals surface area contributed by atoms with Crippen LogP contribution in [0.2, 0.25) is 5.02 Å². The lowest BCUT2D eigenvalue weighted by Gasteiger charge is -2.14. The lowest BCUT2D eigenvalue weighted by Crippen LogP contribution is -2.17. The van der Waals surface area contributed by atoms with Crippen LogP contribution in [0, 0.1) is 5.82 Å². The second-order valence-electron chi connectivity index (χ2n) is 6.71. The number of ether oxygens (including phenoxy) is 1. The van der Waals surface area contributed by atoms with Crippen molar-refractivity contribution in [2.45, 2.75) is 16.7 Å². The molecule has 0 heterocycles. The minimum atomic E-state index is -4.30. The molecule has 0 aliphatic carbocycles. The van der Waals surface area contributed by atoms with Gasteiger partial charge in [0.15, 0.2) is 4.90 Å². The van der Waals surface area contributed by atoms with Gasteiger partial charge in [-0.15, -0.1) is 0 Å². The van der Waals surface area contributed by atoms with Crippen LogP contribution in [-0.4, -0.2) is 31.7 Å². The molecule has 0 aliphatic rings. The zero-order valence-corrected chi connectivity index (χ0v) is 20.0. The molecule has 11 heteroatoms. The van der Waals surface area contributed by atoms with Gasteiger partial charge in [0.25, 0.3) is 15.9 Å². The quantitative estimate of drug-likeness (QED) is 0.428. The Hall–Kier alpha value is -2.79. The van der Waals surface area contributed by atoms with E-state index in [1.807, 2.05) is 0 Å². The third-order valence-corrected chi connectivity index (χ3v) is 7.47. The van der Waals surface area contributed by atoms with Crippen LogP contribution in [0.25, 0.3) is 0 Å². The lowest BCUT2D eigenvalue weighted by atomic mass is 10.2. The Kier molecular flexibility index (Phi) is 7.85. The molecule has 1 unspecified atom stereocenters. The molecule has 1 amide bonds. The zero-order valence-electron chi connectivity index (χ0n) is 17.6. The Bertz CT molecular complexity index is 1270. The van der Waals surface area contributed by atoms with E-state index in [0.717, 1.165) is 12.1 Å². The summed E-state index contributed by atoms with van der Waals surface area (Å²) < 4.78 is 59.4. The summed E-state index contributed by atoms with van der Waals surface area (Å²) in [5.41, 5.74) is 0.338. The predicted molar refractivity (Wildman–Crippen MR) is 127 cm³/mol. The summed E-state index contributed by atoms with van der Waals surface area (Å²) in [4.78, 5) is 12.7. The Morgan fingerprint density at radius 2 is 1.76 bits per heavy atom. The van der Waals surface area contributed by atoms with Crippen molar-refractivity contribution in [2.75, 3.05) is 22.9 Å². The lowest BCUT2D eigenvalue weighted by molar-refractivity contribution is 0.102. The van der Waals surface area contributed by atoms with Crippen molar-refractivity contribution >= 4 is 50.1 Å². The summed E-state index contributed by atoms with van der Waals surface area (Å²) in [7, 11) is -2.92. The van der Waals surface area contributed by atoms with Crippen molar-refractivity contribution in [2.24, 2.45) is 0 Å². The Labute approximate surface area is 199 Å². The molecule has 174 valence electrons. The molecule has 3 aromatic rings. The van der Waals surface area contributed by atoms with Gasteiger partial charge in [0.2, 0.25) is 0 Å². The van der Waals surface area contributed by atoms with Crippen molar-refractivity contribution in [3.05, 3.63) is 77.1 Å². The number of benzene rings is 3. The second-order valence-corrected chi connectivity index (χ2v) is 10.5. The van der Waals surface area contributed by atoms with Crippen LogP contribution in [0.5, 0.6) is 5.75 Å². The van der Waals surface area contributed by atoms with Crippen LogP contribution >= 0.6 is 11.6 Å². The molecule has 33 heavy (non-hydrogen) atoms. The summed E-state index contributed by atoms with van der Waals surface area (Å²) in [6.07, 6.45) is 0. The Morgan fingerprint density at radius 3 is 2.39 bits per heavy atom. The first-order chi connectivity index (χ1) is 15.6. The van der Waals surface area contributed by atoms with E-state index < -0.39 is 37.8 Å². The van der Waals surface area contributed by atoms with Gasteiger partial charge < -0.3 is 14.6 Å². The van der Waals surface area contributed by atoms with E-state index in [4.69, 9.17) is 16.3 Å². The molecule has 0 fully saturated rings. The maximum Gasteiger partial charge on any atom is 0.264 e. The maximum atomic E-state index is 14.4. The molecule has 3 aromatic carbocycles. The summed E-state index contributed by atoms with van der Waals surface area (Å²) in [6, 6.07) is 13.6. The number of carbonyl (C=O) groups excluding carboxylic acids is 1. The van der Waals surface area contributed by atoms with Crippen LogP contribution in [0.15, 0.2) is 70.5 Å². The first-order valence-corrected chi connectivity index (χ1v) is 12.8. The number of sulfonamides is 1. The molecule has 3 rings (SSSR count). The molecule has 0 radical (unpaired) electrons. The highest BCUT2D eigenvalue weighted by atomic mass is 35.5. The van der Waals surface area contributed by atoms with Crippen LogP contribution < -0.4 is 14.8 Å². The number of halogens is 2. The fourth-order valence-electron chi connectivity index (χ4n) is 2.89. The zero-order chi connectivity index (χ0) is 24.2. The second kappa shape index (κ2) is 10.4. The predicted octanol–water partition coefficient (Wildman–Crippen LogP) is 4.67. The van der Waals surface area contributed by atoms with Crippen molar-refractivity contribution < 1.29 is 26.9 Å². The fourth-order valence-corrected chi connectivity index (χ4v) is 4.98. The van der Waals surface area contributed by atoms with E-state index in [9.17, 15) is 22.2 Å². The van der Waals surface area contributed by atoms with Gasteiger partial charge in [-0.05, 0) is 72.7 Å². The highest BCUT2D eigenvalue weighted by Crippen LogP contribution is 2.27. The number of amides is 1. The van der Waals surface area contributed by atoms with Gasteiger partial charge in [-0.3, -0.25) is 9.52 Å². The molecule has 1 atom stereocenters. The molecular weight excluding hydrogens is 491 g/mol. The first-order valence-electron chi connectivity index (χ1n) is 9.60. The van der Waals surface area contributed by atoms with Gasteiger partial charge in [-0.25, -0.2) is 12.8 Å². The van der Waals surface area contributed by atoms with Gasteiger partial charge >= 0.3 is 0 Å². The maximum absolute atomic E-state index is 14.4. The van der Waals surface area contributed by atoms with E-state index in [-0.39, 0.29) is 22.7 Å². The number of carbonyl (C=O) groups is 1. The number of nitrogens with one attached hydrogen (secondary N) is 2. The standard InChI is InChI=1S/C22H20ClFN2O5S2/c1-3-32(28)17-9-11-20(31-2)18(13-17)22(27)25-16-8-10-19(24)21(12-16)33(29,30)26-15-6-4-14(23)5-7-15/h4-13,26H,3H2,1-2H3,(H,25,27). The van der Waals surface area contributed by atoms with E-state index in [1.54, 1.807) is 13.0 Å². The van der Waals surface area contributed by atoms with Gasteiger partial charge in [-0.2, -0.15) is 0 Å². The Balaban J connectivity index is 1.89.